The predicted molar refractivity (Wildman–Crippen MR) is 68.4 cm³/mol. The quantitative estimate of drug-likeness (QED) is 0.871. The molecule has 17 heavy (non-hydrogen) atoms. The van der Waals surface area contributed by atoms with Crippen LogP contribution in [0.3, 0.4) is 0 Å². The van der Waals surface area contributed by atoms with E-state index in [1.807, 2.05) is 12.1 Å². The Morgan fingerprint density at radius 2 is 2.35 bits per heavy atom. The lowest BCUT2D eigenvalue weighted by Gasteiger charge is -2.11. The van der Waals surface area contributed by atoms with Crippen molar-refractivity contribution in [3.8, 4) is 5.75 Å². The number of halogens is 1. The largest absolute Gasteiger partial charge is 0.495 e. The molecule has 0 saturated heterocycles. The summed E-state index contributed by atoms with van der Waals surface area (Å²) < 4.78 is 11.3. The molecule has 1 heterocycles. The fraction of sp³-hybridized carbons (Fsp3) is 0.417. The van der Waals surface area contributed by atoms with E-state index >= 15 is 0 Å². The summed E-state index contributed by atoms with van der Waals surface area (Å²) in [5.41, 5.74) is 1.93. The molecule has 4 nitrogen and oxygen atoms in total. The summed E-state index contributed by atoms with van der Waals surface area (Å²) >= 11 is 3.48. The van der Waals surface area contributed by atoms with Gasteiger partial charge in [-0.3, -0.25) is 0 Å². The Labute approximate surface area is 108 Å². The van der Waals surface area contributed by atoms with Crippen molar-refractivity contribution < 1.29 is 14.3 Å². The van der Waals surface area contributed by atoms with Crippen LogP contribution in [-0.2, 0) is 16.0 Å². The number of rotatable bonds is 3. The standard InChI is InChI=1S/C12H14BrNO3/c1-3-17-12(15)9-6-7-8(13)4-5-10(16-2)11(7)14-9/h4-5,9,14H,3,6H2,1-2H3/t9-/m0/s1. The van der Waals surface area contributed by atoms with Gasteiger partial charge in [0.25, 0.3) is 0 Å². The summed E-state index contributed by atoms with van der Waals surface area (Å²) in [6.07, 6.45) is 0.617. The van der Waals surface area contributed by atoms with E-state index < -0.39 is 0 Å². The van der Waals surface area contributed by atoms with Crippen LogP contribution in [0.2, 0.25) is 0 Å². The number of ether oxygens (including phenoxy) is 2. The Kier molecular flexibility index (Phi) is 3.57. The Hall–Kier alpha value is -1.23. The lowest BCUT2D eigenvalue weighted by Crippen LogP contribution is -2.29. The summed E-state index contributed by atoms with van der Waals surface area (Å²) in [4.78, 5) is 11.7. The average molecular weight is 300 g/mol. The molecule has 0 amide bonds. The maximum Gasteiger partial charge on any atom is 0.328 e. The minimum absolute atomic E-state index is 0.224. The van der Waals surface area contributed by atoms with E-state index in [1.165, 1.54) is 0 Å². The summed E-state index contributed by atoms with van der Waals surface area (Å²) in [5.74, 6) is 0.521. The molecule has 0 spiro atoms. The highest BCUT2D eigenvalue weighted by Gasteiger charge is 2.31. The molecule has 1 aromatic rings. The molecule has 1 aliphatic rings. The minimum Gasteiger partial charge on any atom is -0.495 e. The molecule has 0 unspecified atom stereocenters. The van der Waals surface area contributed by atoms with Crippen LogP contribution < -0.4 is 10.1 Å². The van der Waals surface area contributed by atoms with Crippen LogP contribution >= 0.6 is 15.9 Å². The summed E-state index contributed by atoms with van der Waals surface area (Å²) in [5, 5.41) is 3.15. The molecule has 2 rings (SSSR count). The molecule has 0 bridgehead atoms. The summed E-state index contributed by atoms with van der Waals surface area (Å²) in [6, 6.07) is 3.47. The Morgan fingerprint density at radius 1 is 1.59 bits per heavy atom. The number of esters is 1. The number of hydrogen-bond donors (Lipinski definition) is 1. The van der Waals surface area contributed by atoms with Gasteiger partial charge >= 0.3 is 5.97 Å². The number of hydrogen-bond acceptors (Lipinski definition) is 4. The van der Waals surface area contributed by atoms with E-state index in [0.717, 1.165) is 21.5 Å². The summed E-state index contributed by atoms with van der Waals surface area (Å²) in [7, 11) is 1.61. The topological polar surface area (TPSA) is 47.6 Å². The van der Waals surface area contributed by atoms with Crippen LogP contribution in [0.1, 0.15) is 12.5 Å². The molecule has 0 radical (unpaired) electrons. The smallest absolute Gasteiger partial charge is 0.328 e. The number of fused-ring (bicyclic) bond motifs is 1. The molecule has 92 valence electrons. The molecule has 1 N–H and O–H groups in total. The van der Waals surface area contributed by atoms with Crippen LogP contribution in [0.15, 0.2) is 16.6 Å². The molecule has 0 aromatic heterocycles. The van der Waals surface area contributed by atoms with E-state index in [9.17, 15) is 4.79 Å². The molecule has 1 aliphatic heterocycles. The van der Waals surface area contributed by atoms with Gasteiger partial charge in [-0.25, -0.2) is 4.79 Å². The second-order valence-corrected chi connectivity index (χ2v) is 4.61. The van der Waals surface area contributed by atoms with Gasteiger partial charge in [0.1, 0.15) is 11.8 Å². The van der Waals surface area contributed by atoms with Crippen molar-refractivity contribution in [3.63, 3.8) is 0 Å². The maximum atomic E-state index is 11.7. The lowest BCUT2D eigenvalue weighted by atomic mass is 10.1. The molecular weight excluding hydrogens is 286 g/mol. The highest BCUT2D eigenvalue weighted by molar-refractivity contribution is 9.10. The van der Waals surface area contributed by atoms with Gasteiger partial charge in [-0.1, -0.05) is 15.9 Å². The van der Waals surface area contributed by atoms with E-state index in [2.05, 4.69) is 21.2 Å². The maximum absolute atomic E-state index is 11.7. The van der Waals surface area contributed by atoms with E-state index in [4.69, 9.17) is 9.47 Å². The average Bonchev–Trinajstić information content (AvgIpc) is 2.76. The molecule has 1 aromatic carbocycles. The second-order valence-electron chi connectivity index (χ2n) is 3.76. The first kappa shape index (κ1) is 12.2. The Balaban J connectivity index is 2.26. The zero-order valence-electron chi connectivity index (χ0n) is 9.75. The first-order valence-electron chi connectivity index (χ1n) is 5.46. The first-order valence-corrected chi connectivity index (χ1v) is 6.25. The molecular formula is C12H14BrNO3. The van der Waals surface area contributed by atoms with Gasteiger partial charge in [0.15, 0.2) is 0 Å². The molecule has 0 aliphatic carbocycles. The molecule has 5 heteroatoms. The van der Waals surface area contributed by atoms with Gasteiger partial charge in [0.05, 0.1) is 19.4 Å². The predicted octanol–water partition coefficient (Wildman–Crippen LogP) is 2.36. The zero-order valence-corrected chi connectivity index (χ0v) is 11.3. The lowest BCUT2D eigenvalue weighted by molar-refractivity contribution is -0.143. The molecule has 0 saturated carbocycles. The number of anilines is 1. The van der Waals surface area contributed by atoms with Gasteiger partial charge in [-0.05, 0) is 24.6 Å². The second kappa shape index (κ2) is 4.96. The monoisotopic (exact) mass is 299 g/mol. The number of benzene rings is 1. The van der Waals surface area contributed by atoms with Crippen LogP contribution in [0, 0.1) is 0 Å². The van der Waals surface area contributed by atoms with Crippen molar-refractivity contribution in [1.29, 1.82) is 0 Å². The van der Waals surface area contributed by atoms with Crippen molar-refractivity contribution in [2.45, 2.75) is 19.4 Å². The zero-order chi connectivity index (χ0) is 12.4. The van der Waals surface area contributed by atoms with Gasteiger partial charge in [0, 0.05) is 10.9 Å². The van der Waals surface area contributed by atoms with Crippen molar-refractivity contribution >= 4 is 27.6 Å². The number of carbonyl (C=O) groups is 1. The molecule has 1 atom stereocenters. The van der Waals surface area contributed by atoms with Gasteiger partial charge < -0.3 is 14.8 Å². The third-order valence-electron chi connectivity index (χ3n) is 2.74. The third kappa shape index (κ3) is 2.24. The number of nitrogens with one attached hydrogen (secondary N) is 1. The molecule has 0 fully saturated rings. The van der Waals surface area contributed by atoms with Crippen LogP contribution in [0.4, 0.5) is 5.69 Å². The first-order chi connectivity index (χ1) is 8.17. The van der Waals surface area contributed by atoms with Crippen molar-refractivity contribution in [1.82, 2.24) is 0 Å². The SMILES string of the molecule is CCOC(=O)[C@@H]1Cc2c(Br)ccc(OC)c2N1. The van der Waals surface area contributed by atoms with Crippen molar-refractivity contribution in [3.05, 3.63) is 22.2 Å². The normalized spacial score (nSPS) is 17.2. The minimum atomic E-state index is -0.322. The Bertz CT molecular complexity index is 448. The van der Waals surface area contributed by atoms with E-state index in [-0.39, 0.29) is 12.0 Å². The van der Waals surface area contributed by atoms with E-state index in [1.54, 1.807) is 14.0 Å². The highest BCUT2D eigenvalue weighted by atomic mass is 79.9. The fourth-order valence-corrected chi connectivity index (χ4v) is 2.44. The van der Waals surface area contributed by atoms with E-state index in [0.29, 0.717) is 13.0 Å². The number of methoxy groups -OCH3 is 1. The highest BCUT2D eigenvalue weighted by Crippen LogP contribution is 2.39. The van der Waals surface area contributed by atoms with Crippen LogP contribution in [-0.4, -0.2) is 25.7 Å². The van der Waals surface area contributed by atoms with Gasteiger partial charge in [-0.15, -0.1) is 0 Å². The van der Waals surface area contributed by atoms with Crippen molar-refractivity contribution in [2.75, 3.05) is 19.0 Å². The third-order valence-corrected chi connectivity index (χ3v) is 3.48. The number of carbonyl (C=O) groups excluding carboxylic acids is 1. The van der Waals surface area contributed by atoms with Crippen LogP contribution in [0.5, 0.6) is 5.75 Å². The van der Waals surface area contributed by atoms with Gasteiger partial charge in [0.2, 0.25) is 0 Å². The summed E-state index contributed by atoms with van der Waals surface area (Å²) in [6.45, 7) is 2.20. The van der Waals surface area contributed by atoms with Gasteiger partial charge in [-0.2, -0.15) is 0 Å². The Morgan fingerprint density at radius 3 is 3.00 bits per heavy atom. The van der Waals surface area contributed by atoms with Crippen LogP contribution in [0.25, 0.3) is 0 Å². The van der Waals surface area contributed by atoms with Crippen molar-refractivity contribution in [2.24, 2.45) is 0 Å². The fourth-order valence-electron chi connectivity index (χ4n) is 1.94.